The number of nitrogens with one attached hydrogen (secondary N) is 3. The summed E-state index contributed by atoms with van der Waals surface area (Å²) < 4.78 is 0. The number of hydrogen-bond donors (Lipinski definition) is 3. The van der Waals surface area contributed by atoms with Gasteiger partial charge in [0.15, 0.2) is 0 Å². The molecule has 1 fully saturated rings. The smallest absolute Gasteiger partial charge is 0.243 e. The van der Waals surface area contributed by atoms with E-state index < -0.39 is 0 Å². The number of carbonyl (C=O) groups is 2. The second-order valence-electron chi connectivity index (χ2n) is 9.57. The Morgan fingerprint density at radius 1 is 1.18 bits per heavy atom. The summed E-state index contributed by atoms with van der Waals surface area (Å²) in [5.74, 6) is -0.280. The van der Waals surface area contributed by atoms with Crippen molar-refractivity contribution in [3.05, 3.63) is 96.4 Å². The van der Waals surface area contributed by atoms with Crippen LogP contribution in [0.1, 0.15) is 51.8 Å². The molecule has 1 aliphatic heterocycles. The molecule has 2 aromatic rings. The highest BCUT2D eigenvalue weighted by Gasteiger charge is 2.28. The SMILES string of the molecule is C=CC(=O)NC1CN(C(/C=C\C)=C/C(=C)CC(=O)Nc2ccc(-c3cc(/C(C)=C/CC)c(CC)[nH]3)cc2)C1. The van der Waals surface area contributed by atoms with Crippen molar-refractivity contribution >= 4 is 23.1 Å². The maximum atomic E-state index is 12.7. The van der Waals surface area contributed by atoms with Crippen molar-refractivity contribution in [2.24, 2.45) is 0 Å². The van der Waals surface area contributed by atoms with Crippen molar-refractivity contribution in [1.82, 2.24) is 15.2 Å². The first kappa shape index (κ1) is 28.5. The van der Waals surface area contributed by atoms with Gasteiger partial charge in [0.1, 0.15) is 0 Å². The molecule has 1 aromatic carbocycles. The van der Waals surface area contributed by atoms with Gasteiger partial charge in [0.25, 0.3) is 0 Å². The first-order valence-corrected chi connectivity index (χ1v) is 13.3. The van der Waals surface area contributed by atoms with Crippen molar-refractivity contribution < 1.29 is 9.59 Å². The number of hydrogen-bond acceptors (Lipinski definition) is 3. The van der Waals surface area contributed by atoms with Crippen LogP contribution in [-0.4, -0.2) is 40.8 Å². The third kappa shape index (κ3) is 7.48. The normalized spacial score (nSPS) is 14.4. The Morgan fingerprint density at radius 3 is 2.50 bits per heavy atom. The Kier molecular flexibility index (Phi) is 10.1. The molecule has 1 aliphatic rings. The molecule has 0 spiro atoms. The van der Waals surface area contributed by atoms with Crippen LogP contribution in [0, 0.1) is 0 Å². The van der Waals surface area contributed by atoms with Gasteiger partial charge in [-0.15, -0.1) is 0 Å². The molecule has 0 radical (unpaired) electrons. The van der Waals surface area contributed by atoms with Gasteiger partial charge in [0.2, 0.25) is 11.8 Å². The molecule has 1 saturated heterocycles. The highest BCUT2D eigenvalue weighted by Crippen LogP contribution is 2.28. The lowest BCUT2D eigenvalue weighted by molar-refractivity contribution is -0.118. The summed E-state index contributed by atoms with van der Waals surface area (Å²) in [6.45, 7) is 17.4. The Hall–Kier alpha value is -4.06. The Morgan fingerprint density at radius 2 is 1.89 bits per heavy atom. The van der Waals surface area contributed by atoms with E-state index in [9.17, 15) is 9.59 Å². The van der Waals surface area contributed by atoms with E-state index in [1.54, 1.807) is 0 Å². The molecule has 2 heterocycles. The molecule has 200 valence electrons. The summed E-state index contributed by atoms with van der Waals surface area (Å²) >= 11 is 0. The predicted molar refractivity (Wildman–Crippen MR) is 159 cm³/mol. The lowest BCUT2D eigenvalue weighted by atomic mass is 10.0. The van der Waals surface area contributed by atoms with Gasteiger partial charge in [0, 0.05) is 35.9 Å². The third-order valence-corrected chi connectivity index (χ3v) is 6.52. The molecule has 0 saturated carbocycles. The first-order valence-electron chi connectivity index (χ1n) is 13.3. The molecule has 0 aliphatic carbocycles. The fourth-order valence-corrected chi connectivity index (χ4v) is 4.56. The second kappa shape index (κ2) is 13.5. The van der Waals surface area contributed by atoms with E-state index in [0.717, 1.165) is 35.5 Å². The molecule has 0 bridgehead atoms. The van der Waals surface area contributed by atoms with Crippen molar-refractivity contribution in [2.45, 2.75) is 53.0 Å². The minimum Gasteiger partial charge on any atom is -0.367 e. The Balaban J connectivity index is 1.59. The minimum absolute atomic E-state index is 0.0941. The first-order chi connectivity index (χ1) is 18.3. The van der Waals surface area contributed by atoms with Crippen LogP contribution in [0.3, 0.4) is 0 Å². The van der Waals surface area contributed by atoms with Gasteiger partial charge in [-0.2, -0.15) is 0 Å². The van der Waals surface area contributed by atoms with E-state index in [-0.39, 0.29) is 24.3 Å². The molecular weight excluding hydrogens is 472 g/mol. The van der Waals surface area contributed by atoms with Gasteiger partial charge in [-0.3, -0.25) is 9.59 Å². The largest absolute Gasteiger partial charge is 0.367 e. The van der Waals surface area contributed by atoms with Crippen LogP contribution in [0.25, 0.3) is 16.8 Å². The van der Waals surface area contributed by atoms with Crippen LogP contribution in [-0.2, 0) is 16.0 Å². The number of nitrogens with zero attached hydrogens (tertiary/aromatic N) is 1. The van der Waals surface area contributed by atoms with E-state index in [4.69, 9.17) is 0 Å². The summed E-state index contributed by atoms with van der Waals surface area (Å²) in [4.78, 5) is 29.9. The van der Waals surface area contributed by atoms with Gasteiger partial charge in [-0.25, -0.2) is 0 Å². The average Bonchev–Trinajstić information content (AvgIpc) is 3.31. The average molecular weight is 513 g/mol. The summed E-state index contributed by atoms with van der Waals surface area (Å²) in [7, 11) is 0. The van der Waals surface area contributed by atoms with Crippen LogP contribution in [0.2, 0.25) is 0 Å². The molecule has 3 N–H and O–H groups in total. The highest BCUT2D eigenvalue weighted by molar-refractivity contribution is 5.93. The second-order valence-corrected chi connectivity index (χ2v) is 9.57. The van der Waals surface area contributed by atoms with E-state index in [1.165, 1.54) is 22.9 Å². The summed E-state index contributed by atoms with van der Waals surface area (Å²) in [5, 5.41) is 5.87. The van der Waals surface area contributed by atoms with Crippen molar-refractivity contribution in [2.75, 3.05) is 18.4 Å². The monoisotopic (exact) mass is 512 g/mol. The van der Waals surface area contributed by atoms with Crippen molar-refractivity contribution in [1.29, 1.82) is 0 Å². The number of rotatable bonds is 12. The summed E-state index contributed by atoms with van der Waals surface area (Å²) in [6.07, 6.45) is 11.5. The molecule has 6 heteroatoms. The molecule has 1 aromatic heterocycles. The maximum absolute atomic E-state index is 12.7. The molecule has 0 atom stereocenters. The van der Waals surface area contributed by atoms with Crippen molar-refractivity contribution in [3.63, 3.8) is 0 Å². The topological polar surface area (TPSA) is 77.2 Å². The third-order valence-electron chi connectivity index (χ3n) is 6.52. The number of H-pyrrole nitrogens is 1. The lowest BCUT2D eigenvalue weighted by Gasteiger charge is -2.42. The molecule has 38 heavy (non-hydrogen) atoms. The predicted octanol–water partition coefficient (Wildman–Crippen LogP) is 6.39. The highest BCUT2D eigenvalue weighted by atomic mass is 16.2. The molecular formula is C32H40N4O2. The van der Waals surface area contributed by atoms with Crippen molar-refractivity contribution in [3.8, 4) is 11.3 Å². The van der Waals surface area contributed by atoms with Crippen LogP contribution in [0.5, 0.6) is 0 Å². The van der Waals surface area contributed by atoms with E-state index >= 15 is 0 Å². The molecule has 2 amide bonds. The summed E-state index contributed by atoms with van der Waals surface area (Å²) in [6, 6.07) is 10.2. The number of amides is 2. The van der Waals surface area contributed by atoms with Crippen LogP contribution < -0.4 is 10.6 Å². The van der Waals surface area contributed by atoms with Crippen LogP contribution in [0.15, 0.2) is 85.1 Å². The number of anilines is 1. The number of benzene rings is 1. The zero-order valence-electron chi connectivity index (χ0n) is 23.1. The Bertz CT molecular complexity index is 1250. The molecule has 0 unspecified atom stereocenters. The van der Waals surface area contributed by atoms with Gasteiger partial charge in [0.05, 0.1) is 12.5 Å². The van der Waals surface area contributed by atoms with Gasteiger partial charge in [-0.05, 0) is 85.4 Å². The number of likely N-dealkylation sites (tertiary alicyclic amines) is 1. The quantitative estimate of drug-likeness (QED) is 0.228. The van der Waals surface area contributed by atoms with Crippen LogP contribution >= 0.6 is 0 Å². The van der Waals surface area contributed by atoms with E-state index in [2.05, 4.69) is 66.6 Å². The zero-order chi connectivity index (χ0) is 27.7. The molecule has 6 nitrogen and oxygen atoms in total. The molecule has 3 rings (SSSR count). The number of aryl methyl sites for hydroxylation is 1. The summed E-state index contributed by atoms with van der Waals surface area (Å²) in [5.41, 5.74) is 8.37. The number of aromatic amines is 1. The zero-order valence-corrected chi connectivity index (χ0v) is 23.1. The maximum Gasteiger partial charge on any atom is 0.243 e. The minimum atomic E-state index is -0.164. The number of carbonyl (C=O) groups excluding carboxylic acids is 2. The Labute approximate surface area is 226 Å². The van der Waals surface area contributed by atoms with E-state index in [1.807, 2.05) is 49.4 Å². The van der Waals surface area contributed by atoms with Gasteiger partial charge in [-0.1, -0.05) is 51.3 Å². The lowest BCUT2D eigenvalue weighted by Crippen LogP contribution is -2.58. The van der Waals surface area contributed by atoms with Gasteiger partial charge >= 0.3 is 0 Å². The van der Waals surface area contributed by atoms with Gasteiger partial charge < -0.3 is 20.5 Å². The number of allylic oxidation sites excluding steroid dienone is 5. The number of aromatic nitrogens is 1. The van der Waals surface area contributed by atoms with Crippen LogP contribution in [0.4, 0.5) is 5.69 Å². The standard InChI is InChI=1S/C32H40N4O2/c1-7-11-23(6)28-19-30(35-29(28)9-3)24-13-15-25(16-14-24)33-32(38)18-22(5)17-27(12-8-2)36-20-26(21-36)34-31(37)10-4/h8,10-17,19,26,35H,4-5,7,9,18,20-21H2,1-3,6H3,(H,33,38)(H,34,37)/b12-8-,23-11+,27-17+. The fraction of sp³-hybridized carbons (Fsp3) is 0.312. The van der Waals surface area contributed by atoms with E-state index in [0.29, 0.717) is 18.7 Å². The fourth-order valence-electron chi connectivity index (χ4n) is 4.56.